The van der Waals surface area contributed by atoms with Crippen molar-refractivity contribution in [3.8, 4) is 22.8 Å². The van der Waals surface area contributed by atoms with E-state index >= 15 is 0 Å². The van der Waals surface area contributed by atoms with Gasteiger partial charge in [0.15, 0.2) is 6.10 Å². The topological polar surface area (TPSA) is 64.4 Å². The Balaban J connectivity index is 2.11. The molecule has 0 saturated heterocycles. The normalized spacial score (nSPS) is 12.0. The van der Waals surface area contributed by atoms with E-state index in [2.05, 4.69) is 5.10 Å². The van der Waals surface area contributed by atoms with Gasteiger partial charge in [0.05, 0.1) is 16.4 Å². The monoisotopic (exact) mass is 404 g/mol. The molecule has 7 heteroatoms. The Morgan fingerprint density at radius 2 is 1.89 bits per heavy atom. The molecule has 1 heterocycles. The Morgan fingerprint density at radius 3 is 2.48 bits per heavy atom. The molecule has 0 bridgehead atoms. The summed E-state index contributed by atoms with van der Waals surface area (Å²) < 4.78 is 7.21. The summed E-state index contributed by atoms with van der Waals surface area (Å²) in [6, 6.07) is 14.7. The number of aryl methyl sites for hydroxylation is 1. The average Bonchev–Trinajstić information content (AvgIpc) is 3.03. The van der Waals surface area contributed by atoms with Crippen molar-refractivity contribution in [2.75, 3.05) is 0 Å². The van der Waals surface area contributed by atoms with E-state index in [4.69, 9.17) is 27.9 Å². The number of aliphatic carboxylic acids is 1. The number of hydrogen-bond donors (Lipinski definition) is 1. The maximum atomic E-state index is 11.3. The fourth-order valence-corrected chi connectivity index (χ4v) is 3.13. The number of carboxylic acid groups (broad SMARTS) is 1. The van der Waals surface area contributed by atoms with Crippen LogP contribution in [0.1, 0.15) is 18.9 Å². The second kappa shape index (κ2) is 8.03. The zero-order valence-electron chi connectivity index (χ0n) is 14.8. The van der Waals surface area contributed by atoms with Gasteiger partial charge in [0.25, 0.3) is 0 Å². The quantitative estimate of drug-likeness (QED) is 0.597. The molecule has 0 fully saturated rings. The first kappa shape index (κ1) is 19.3. The van der Waals surface area contributed by atoms with Crippen LogP contribution in [0.25, 0.3) is 16.9 Å². The Kier molecular flexibility index (Phi) is 5.73. The highest BCUT2D eigenvalue weighted by Crippen LogP contribution is 2.32. The molecule has 0 spiro atoms. The van der Waals surface area contributed by atoms with Gasteiger partial charge < -0.3 is 9.84 Å². The smallest absolute Gasteiger partial charge is 0.344 e. The minimum atomic E-state index is -1.03. The summed E-state index contributed by atoms with van der Waals surface area (Å²) in [7, 11) is 0. The summed E-state index contributed by atoms with van der Waals surface area (Å²) in [5.74, 6) is -0.820. The number of ether oxygens (including phenoxy) is 1. The molecule has 140 valence electrons. The molecule has 5 nitrogen and oxygen atoms in total. The highest BCUT2D eigenvalue weighted by atomic mass is 35.5. The van der Waals surface area contributed by atoms with E-state index in [1.807, 2.05) is 31.2 Å². The maximum absolute atomic E-state index is 11.3. The number of nitrogens with zero attached hydrogens (tertiary/aromatic N) is 2. The molecule has 0 saturated carbocycles. The third-order valence-corrected chi connectivity index (χ3v) is 4.62. The van der Waals surface area contributed by atoms with Gasteiger partial charge in [-0.2, -0.15) is 0 Å². The summed E-state index contributed by atoms with van der Waals surface area (Å²) in [6.07, 6.45) is -0.649. The first-order valence-electron chi connectivity index (χ1n) is 8.41. The molecule has 0 aliphatic carbocycles. The van der Waals surface area contributed by atoms with Gasteiger partial charge in [-0.05, 0) is 31.5 Å². The predicted octanol–water partition coefficient (Wildman–Crippen LogP) is 5.40. The van der Waals surface area contributed by atoms with Gasteiger partial charge in [0.1, 0.15) is 0 Å². The summed E-state index contributed by atoms with van der Waals surface area (Å²) in [6.45, 7) is 3.75. The standard InChI is InChI=1S/C20H18Cl2N2O3/c1-3-18(20(25)26)27-19-11-17(13-6-4-12(2)5-7-13)24(23-19)16-9-8-14(21)10-15(16)22/h4-11,18H,3H2,1-2H3,(H,25,26). The SMILES string of the molecule is CCC(Oc1cc(-c2ccc(C)cc2)n(-c2ccc(Cl)cc2Cl)n1)C(=O)O. The maximum Gasteiger partial charge on any atom is 0.344 e. The average molecular weight is 405 g/mol. The molecule has 1 N–H and O–H groups in total. The van der Waals surface area contributed by atoms with Gasteiger partial charge in [-0.25, -0.2) is 9.48 Å². The first-order valence-corrected chi connectivity index (χ1v) is 9.16. The van der Waals surface area contributed by atoms with E-state index in [1.54, 1.807) is 35.9 Å². The van der Waals surface area contributed by atoms with Crippen LogP contribution < -0.4 is 4.74 Å². The lowest BCUT2D eigenvalue weighted by Crippen LogP contribution is -2.26. The molecule has 1 atom stereocenters. The number of rotatable bonds is 6. The molecular weight excluding hydrogens is 387 g/mol. The first-order chi connectivity index (χ1) is 12.9. The lowest BCUT2D eigenvalue weighted by Gasteiger charge is -2.10. The zero-order valence-corrected chi connectivity index (χ0v) is 16.3. The Bertz CT molecular complexity index is 968. The molecule has 27 heavy (non-hydrogen) atoms. The van der Waals surface area contributed by atoms with E-state index in [1.165, 1.54) is 0 Å². The largest absolute Gasteiger partial charge is 0.479 e. The summed E-state index contributed by atoms with van der Waals surface area (Å²) >= 11 is 12.4. The van der Waals surface area contributed by atoms with Gasteiger partial charge in [-0.15, -0.1) is 5.10 Å². The summed E-state index contributed by atoms with van der Waals surface area (Å²) in [5, 5.41) is 14.6. The second-order valence-corrected chi connectivity index (χ2v) is 6.94. The lowest BCUT2D eigenvalue weighted by atomic mass is 10.1. The van der Waals surface area contributed by atoms with Crippen molar-refractivity contribution >= 4 is 29.2 Å². The number of hydrogen-bond acceptors (Lipinski definition) is 3. The van der Waals surface area contributed by atoms with E-state index in [-0.39, 0.29) is 5.88 Å². The molecule has 0 amide bonds. The van der Waals surface area contributed by atoms with Crippen molar-refractivity contribution < 1.29 is 14.6 Å². The number of halogens is 2. The molecule has 1 aromatic heterocycles. The molecular formula is C20H18Cl2N2O3. The van der Waals surface area contributed by atoms with E-state index in [0.29, 0.717) is 22.2 Å². The number of benzene rings is 2. The molecule has 3 rings (SSSR count). The Labute approximate surface area is 167 Å². The van der Waals surface area contributed by atoms with Crippen molar-refractivity contribution in [1.82, 2.24) is 9.78 Å². The number of carboxylic acids is 1. The molecule has 0 aliphatic heterocycles. The summed E-state index contributed by atoms with van der Waals surface area (Å²) in [5.41, 5.74) is 3.38. The van der Waals surface area contributed by atoms with Crippen molar-refractivity contribution in [2.24, 2.45) is 0 Å². The molecule has 1 unspecified atom stereocenters. The predicted molar refractivity (Wildman–Crippen MR) is 106 cm³/mol. The van der Waals surface area contributed by atoms with Crippen LogP contribution in [0.5, 0.6) is 5.88 Å². The van der Waals surface area contributed by atoms with Crippen molar-refractivity contribution in [3.05, 3.63) is 64.1 Å². The highest BCUT2D eigenvalue weighted by Gasteiger charge is 2.21. The van der Waals surface area contributed by atoms with Crippen LogP contribution in [0.15, 0.2) is 48.5 Å². The number of carbonyl (C=O) groups is 1. The Hall–Kier alpha value is -2.50. The van der Waals surface area contributed by atoms with Crippen LogP contribution in [0, 0.1) is 6.92 Å². The Morgan fingerprint density at radius 1 is 1.19 bits per heavy atom. The third-order valence-electron chi connectivity index (χ3n) is 4.08. The molecule has 2 aromatic carbocycles. The van der Waals surface area contributed by atoms with Crippen molar-refractivity contribution in [3.63, 3.8) is 0 Å². The minimum absolute atomic E-state index is 0.214. The molecule has 0 aliphatic rings. The van der Waals surface area contributed by atoms with Crippen LogP contribution in [0.3, 0.4) is 0 Å². The zero-order chi connectivity index (χ0) is 19.6. The van der Waals surface area contributed by atoms with E-state index in [0.717, 1.165) is 16.8 Å². The van der Waals surface area contributed by atoms with Gasteiger partial charge in [-0.1, -0.05) is 60.0 Å². The molecule has 0 radical (unpaired) electrons. The number of aromatic nitrogens is 2. The fourth-order valence-electron chi connectivity index (χ4n) is 2.64. The summed E-state index contributed by atoms with van der Waals surface area (Å²) in [4.78, 5) is 11.3. The van der Waals surface area contributed by atoms with Crippen LogP contribution in [0.2, 0.25) is 10.0 Å². The van der Waals surface area contributed by atoms with Crippen molar-refractivity contribution in [1.29, 1.82) is 0 Å². The minimum Gasteiger partial charge on any atom is -0.479 e. The van der Waals surface area contributed by atoms with Crippen LogP contribution in [0.4, 0.5) is 0 Å². The van der Waals surface area contributed by atoms with Gasteiger partial charge in [0.2, 0.25) is 5.88 Å². The van der Waals surface area contributed by atoms with Gasteiger partial charge in [0, 0.05) is 16.7 Å². The molecule has 3 aromatic rings. The van der Waals surface area contributed by atoms with Crippen LogP contribution in [-0.2, 0) is 4.79 Å². The highest BCUT2D eigenvalue weighted by molar-refractivity contribution is 6.35. The third kappa shape index (κ3) is 4.26. The van der Waals surface area contributed by atoms with Gasteiger partial charge in [-0.3, -0.25) is 0 Å². The van der Waals surface area contributed by atoms with Crippen molar-refractivity contribution in [2.45, 2.75) is 26.4 Å². The van der Waals surface area contributed by atoms with E-state index < -0.39 is 12.1 Å². The van der Waals surface area contributed by atoms with Crippen LogP contribution >= 0.6 is 23.2 Å². The van der Waals surface area contributed by atoms with Gasteiger partial charge >= 0.3 is 5.97 Å². The lowest BCUT2D eigenvalue weighted by molar-refractivity contribution is -0.145. The van der Waals surface area contributed by atoms with E-state index in [9.17, 15) is 9.90 Å². The second-order valence-electron chi connectivity index (χ2n) is 6.09. The fraction of sp³-hybridized carbons (Fsp3) is 0.200. The van der Waals surface area contributed by atoms with Crippen LogP contribution in [-0.4, -0.2) is 27.0 Å².